The Labute approximate surface area is 228 Å². The Kier molecular flexibility index (Phi) is 8.99. The van der Waals surface area contributed by atoms with E-state index < -0.39 is 64.2 Å². The van der Waals surface area contributed by atoms with Crippen molar-refractivity contribution in [3.05, 3.63) is 82.7 Å². The number of hydrogen-bond acceptors (Lipinski definition) is 3. The van der Waals surface area contributed by atoms with Gasteiger partial charge in [-0.3, -0.25) is 4.79 Å². The monoisotopic (exact) mass is 595 g/mol. The number of nitrogens with one attached hydrogen (secondary N) is 1. The third-order valence-corrected chi connectivity index (χ3v) is 6.04. The lowest BCUT2D eigenvalue weighted by Crippen LogP contribution is -2.17. The van der Waals surface area contributed by atoms with Crippen LogP contribution in [0.25, 0.3) is 11.1 Å². The number of methoxy groups -OCH3 is 1. The summed E-state index contributed by atoms with van der Waals surface area (Å²) in [5.74, 6) is -3.18. The molecule has 3 aromatic carbocycles. The lowest BCUT2D eigenvalue weighted by atomic mass is 9.87. The van der Waals surface area contributed by atoms with Crippen LogP contribution in [0.4, 0.5) is 55.3 Å². The van der Waals surface area contributed by atoms with E-state index in [0.717, 1.165) is 25.3 Å². The Morgan fingerprint density at radius 1 is 0.780 bits per heavy atom. The number of anilines is 2. The fourth-order valence-corrected chi connectivity index (χ4v) is 4.21. The molecule has 0 heterocycles. The van der Waals surface area contributed by atoms with Gasteiger partial charge in [-0.1, -0.05) is 19.9 Å². The van der Waals surface area contributed by atoms with Gasteiger partial charge >= 0.3 is 24.5 Å². The smallest absolute Gasteiger partial charge is 0.418 e. The fourth-order valence-electron chi connectivity index (χ4n) is 4.21. The van der Waals surface area contributed by atoms with Crippen molar-refractivity contribution in [2.75, 3.05) is 12.4 Å². The first kappa shape index (κ1) is 31.8. The van der Waals surface area contributed by atoms with Crippen molar-refractivity contribution in [2.45, 2.75) is 44.7 Å². The van der Waals surface area contributed by atoms with Crippen LogP contribution in [0.3, 0.4) is 0 Å². The van der Waals surface area contributed by atoms with Crippen molar-refractivity contribution in [3.8, 4) is 11.1 Å². The van der Waals surface area contributed by atoms with Crippen LogP contribution in [0.15, 0.2) is 54.6 Å². The van der Waals surface area contributed by atoms with Crippen LogP contribution in [-0.4, -0.2) is 13.1 Å². The van der Waals surface area contributed by atoms with Crippen LogP contribution in [0, 0.1) is 11.7 Å². The number of carbonyl (C=O) groups is 1. The third-order valence-electron chi connectivity index (χ3n) is 6.04. The van der Waals surface area contributed by atoms with Crippen LogP contribution in [0.1, 0.15) is 48.4 Å². The number of halogens is 10. The van der Waals surface area contributed by atoms with E-state index in [9.17, 15) is 48.7 Å². The molecule has 1 unspecified atom stereocenters. The molecule has 0 bridgehead atoms. The van der Waals surface area contributed by atoms with Gasteiger partial charge in [-0.25, -0.2) is 4.39 Å². The summed E-state index contributed by atoms with van der Waals surface area (Å²) in [5, 5.41) is 2.43. The number of hydrogen-bond donors (Lipinski definition) is 1. The molecule has 0 amide bonds. The second-order valence-electron chi connectivity index (χ2n) is 9.66. The van der Waals surface area contributed by atoms with E-state index in [4.69, 9.17) is 4.74 Å². The highest BCUT2D eigenvalue weighted by molar-refractivity contribution is 5.81. The average molecular weight is 595 g/mol. The molecule has 0 spiro atoms. The Morgan fingerprint density at radius 3 is 1.83 bits per heavy atom. The van der Waals surface area contributed by atoms with Crippen molar-refractivity contribution in [3.63, 3.8) is 0 Å². The van der Waals surface area contributed by atoms with E-state index in [1.54, 1.807) is 13.8 Å². The van der Waals surface area contributed by atoms with E-state index in [1.807, 2.05) is 0 Å². The summed E-state index contributed by atoms with van der Waals surface area (Å²) in [5.41, 5.74) is -6.21. The molecular formula is C28H23F10NO2. The standard InChI is InChI=1S/C28H23F10NO2/c1-14(2)6-22(25(40)41-3)17-7-15(16-8-18(26(30,31)32)12-19(9-16)27(33,34)35)10-21(11-17)39-24-5-4-20(29)13-23(24)28(36,37)38/h4-5,7-14,22,39H,6H2,1-3H3. The third kappa shape index (κ3) is 7.92. The van der Waals surface area contributed by atoms with Gasteiger partial charge in [0.25, 0.3) is 0 Å². The van der Waals surface area contributed by atoms with Crippen LogP contribution < -0.4 is 5.32 Å². The molecule has 222 valence electrons. The summed E-state index contributed by atoms with van der Waals surface area (Å²) in [6, 6.07) is 6.06. The zero-order valence-corrected chi connectivity index (χ0v) is 21.7. The minimum Gasteiger partial charge on any atom is -0.469 e. The fraction of sp³-hybridized carbons (Fsp3) is 0.321. The second-order valence-corrected chi connectivity index (χ2v) is 9.66. The van der Waals surface area contributed by atoms with Crippen molar-refractivity contribution < 1.29 is 53.4 Å². The molecule has 0 aliphatic rings. The van der Waals surface area contributed by atoms with Crippen LogP contribution >= 0.6 is 0 Å². The first-order chi connectivity index (χ1) is 18.8. The number of benzene rings is 3. The van der Waals surface area contributed by atoms with Gasteiger partial charge in [0.2, 0.25) is 0 Å². The molecule has 3 aromatic rings. The minimum absolute atomic E-state index is 0.0589. The van der Waals surface area contributed by atoms with Gasteiger partial charge in [-0.15, -0.1) is 0 Å². The molecule has 41 heavy (non-hydrogen) atoms. The molecule has 13 heteroatoms. The highest BCUT2D eigenvalue weighted by Crippen LogP contribution is 2.42. The normalized spacial score (nSPS) is 13.3. The number of alkyl halides is 9. The topological polar surface area (TPSA) is 38.3 Å². The van der Waals surface area contributed by atoms with Crippen molar-refractivity contribution >= 4 is 17.3 Å². The van der Waals surface area contributed by atoms with Crippen LogP contribution in [0.5, 0.6) is 0 Å². The first-order valence-electron chi connectivity index (χ1n) is 12.0. The SMILES string of the molecule is COC(=O)C(CC(C)C)c1cc(Nc2ccc(F)cc2C(F)(F)F)cc(-c2cc(C(F)(F)F)cc(C(F)(F)F)c2)c1. The molecular weight excluding hydrogens is 572 g/mol. The van der Waals surface area contributed by atoms with Gasteiger partial charge < -0.3 is 10.1 Å². The lowest BCUT2D eigenvalue weighted by Gasteiger charge is -2.21. The van der Waals surface area contributed by atoms with Gasteiger partial charge in [-0.2, -0.15) is 39.5 Å². The molecule has 0 saturated carbocycles. The summed E-state index contributed by atoms with van der Waals surface area (Å²) in [6.45, 7) is 3.49. The quantitative estimate of drug-likeness (QED) is 0.218. The summed E-state index contributed by atoms with van der Waals surface area (Å²) >= 11 is 0. The van der Waals surface area contributed by atoms with Gasteiger partial charge in [0.1, 0.15) is 5.82 Å². The number of esters is 1. The molecule has 0 aliphatic carbocycles. The summed E-state index contributed by atoms with van der Waals surface area (Å²) < 4.78 is 140. The Morgan fingerprint density at radius 2 is 1.34 bits per heavy atom. The summed E-state index contributed by atoms with van der Waals surface area (Å²) in [7, 11) is 1.08. The molecule has 0 radical (unpaired) electrons. The molecule has 0 aliphatic heterocycles. The molecule has 1 atom stereocenters. The maximum absolute atomic E-state index is 13.6. The van der Waals surface area contributed by atoms with E-state index in [2.05, 4.69) is 5.32 Å². The Balaban J connectivity index is 2.31. The maximum atomic E-state index is 13.6. The van der Waals surface area contributed by atoms with Crippen LogP contribution in [-0.2, 0) is 28.1 Å². The molecule has 0 aromatic heterocycles. The highest BCUT2D eigenvalue weighted by atomic mass is 19.4. The number of ether oxygens (including phenoxy) is 1. The van der Waals surface area contributed by atoms with E-state index in [0.29, 0.717) is 12.1 Å². The molecule has 3 nitrogen and oxygen atoms in total. The van der Waals surface area contributed by atoms with E-state index >= 15 is 0 Å². The first-order valence-corrected chi connectivity index (χ1v) is 12.0. The van der Waals surface area contributed by atoms with Crippen molar-refractivity contribution in [1.29, 1.82) is 0 Å². The molecule has 0 fully saturated rings. The zero-order chi connectivity index (χ0) is 30.9. The predicted octanol–water partition coefficient (Wildman–Crippen LogP) is 9.60. The van der Waals surface area contributed by atoms with Gasteiger partial charge in [-0.05, 0) is 77.6 Å². The van der Waals surface area contributed by atoms with Crippen molar-refractivity contribution in [1.82, 2.24) is 0 Å². The van der Waals surface area contributed by atoms with Crippen molar-refractivity contribution in [2.24, 2.45) is 5.92 Å². The highest BCUT2D eigenvalue weighted by Gasteiger charge is 2.37. The molecule has 1 N–H and O–H groups in total. The van der Waals surface area contributed by atoms with Gasteiger partial charge in [0, 0.05) is 5.69 Å². The lowest BCUT2D eigenvalue weighted by molar-refractivity contribution is -0.144. The van der Waals surface area contributed by atoms with Gasteiger partial charge in [0.05, 0.1) is 35.4 Å². The number of carbonyl (C=O) groups excluding carboxylic acids is 1. The van der Waals surface area contributed by atoms with Crippen LogP contribution in [0.2, 0.25) is 0 Å². The average Bonchev–Trinajstić information content (AvgIpc) is 2.85. The maximum Gasteiger partial charge on any atom is 0.418 e. The number of rotatable bonds is 7. The summed E-state index contributed by atoms with van der Waals surface area (Å²) in [6.07, 6.45) is -15.2. The zero-order valence-electron chi connectivity index (χ0n) is 21.7. The van der Waals surface area contributed by atoms with E-state index in [-0.39, 0.29) is 41.3 Å². The molecule has 3 rings (SSSR count). The molecule has 0 saturated heterocycles. The summed E-state index contributed by atoms with van der Waals surface area (Å²) in [4.78, 5) is 12.6. The second kappa shape index (κ2) is 11.6. The van der Waals surface area contributed by atoms with E-state index in [1.165, 1.54) is 12.1 Å². The van der Waals surface area contributed by atoms with Gasteiger partial charge in [0.15, 0.2) is 0 Å². The predicted molar refractivity (Wildman–Crippen MR) is 131 cm³/mol. The Hall–Kier alpha value is -3.77. The Bertz CT molecular complexity index is 1380. The minimum atomic E-state index is -5.16. The largest absolute Gasteiger partial charge is 0.469 e.